The summed E-state index contributed by atoms with van der Waals surface area (Å²) < 4.78 is 6.44. The second-order valence-corrected chi connectivity index (χ2v) is 4.86. The first kappa shape index (κ1) is 13.1. The topological polar surface area (TPSA) is 64.9 Å². The van der Waals surface area contributed by atoms with Gasteiger partial charge in [0.15, 0.2) is 11.6 Å². The number of nitrogen functional groups attached to an aromatic ring is 1. The van der Waals surface area contributed by atoms with E-state index in [2.05, 4.69) is 32.8 Å². The Morgan fingerprint density at radius 2 is 2.06 bits per heavy atom. The maximum absolute atomic E-state index is 5.89. The summed E-state index contributed by atoms with van der Waals surface area (Å²) in [6.07, 6.45) is 2.72. The van der Waals surface area contributed by atoms with Crippen LogP contribution in [0.3, 0.4) is 0 Å². The van der Waals surface area contributed by atoms with Crippen molar-refractivity contribution in [3.8, 4) is 11.6 Å². The molecule has 0 saturated heterocycles. The number of aromatic nitrogens is 2. The Morgan fingerprint density at radius 3 is 2.67 bits per heavy atom. The number of hydrogen-bond acceptors (Lipinski definition) is 4. The van der Waals surface area contributed by atoms with Gasteiger partial charge in [0.1, 0.15) is 11.6 Å². The second-order valence-electron chi connectivity index (χ2n) is 4.06. The summed E-state index contributed by atoms with van der Waals surface area (Å²) in [6, 6.07) is 3.83. The van der Waals surface area contributed by atoms with Crippen LogP contribution < -0.4 is 5.73 Å². The van der Waals surface area contributed by atoms with Crippen molar-refractivity contribution in [2.24, 2.45) is 0 Å². The first-order valence-electron chi connectivity index (χ1n) is 6.06. The van der Waals surface area contributed by atoms with Crippen LogP contribution in [-0.4, -0.2) is 9.97 Å². The van der Waals surface area contributed by atoms with Crippen LogP contribution in [0.25, 0.3) is 11.6 Å². The SMILES string of the molecule is CCCc1nc(-c2ccc(CC)o2)nc(N)c1Br. The van der Waals surface area contributed by atoms with Gasteiger partial charge < -0.3 is 10.2 Å². The van der Waals surface area contributed by atoms with Gasteiger partial charge in [0.25, 0.3) is 0 Å². The Balaban J connectivity index is 2.44. The van der Waals surface area contributed by atoms with E-state index in [1.165, 1.54) is 0 Å². The van der Waals surface area contributed by atoms with Crippen molar-refractivity contribution in [1.82, 2.24) is 9.97 Å². The van der Waals surface area contributed by atoms with Gasteiger partial charge >= 0.3 is 0 Å². The Labute approximate surface area is 115 Å². The van der Waals surface area contributed by atoms with E-state index < -0.39 is 0 Å². The smallest absolute Gasteiger partial charge is 0.197 e. The number of halogens is 1. The molecule has 2 aromatic rings. The molecule has 2 aromatic heterocycles. The number of rotatable bonds is 4. The predicted octanol–water partition coefficient (Wildman–Crippen LogP) is 3.60. The van der Waals surface area contributed by atoms with Crippen molar-refractivity contribution in [3.63, 3.8) is 0 Å². The summed E-state index contributed by atoms with van der Waals surface area (Å²) >= 11 is 3.43. The molecule has 5 heteroatoms. The Bertz CT molecular complexity index is 551. The van der Waals surface area contributed by atoms with Gasteiger partial charge in [0.05, 0.1) is 10.2 Å². The molecule has 0 aliphatic carbocycles. The summed E-state index contributed by atoms with van der Waals surface area (Å²) in [7, 11) is 0. The molecule has 2 N–H and O–H groups in total. The third kappa shape index (κ3) is 2.56. The van der Waals surface area contributed by atoms with Crippen molar-refractivity contribution in [3.05, 3.63) is 28.1 Å². The fraction of sp³-hybridized carbons (Fsp3) is 0.385. The molecule has 0 unspecified atom stereocenters. The summed E-state index contributed by atoms with van der Waals surface area (Å²) in [5.74, 6) is 2.60. The zero-order valence-corrected chi connectivity index (χ0v) is 12.1. The van der Waals surface area contributed by atoms with Gasteiger partial charge in [-0.15, -0.1) is 0 Å². The summed E-state index contributed by atoms with van der Waals surface area (Å²) in [5, 5.41) is 0. The Hall–Kier alpha value is -1.36. The van der Waals surface area contributed by atoms with E-state index >= 15 is 0 Å². The third-order valence-electron chi connectivity index (χ3n) is 2.66. The minimum Gasteiger partial charge on any atom is -0.458 e. The van der Waals surface area contributed by atoms with Crippen molar-refractivity contribution < 1.29 is 4.42 Å². The van der Waals surface area contributed by atoms with E-state index in [1.807, 2.05) is 19.1 Å². The zero-order valence-electron chi connectivity index (χ0n) is 10.5. The second kappa shape index (κ2) is 5.52. The largest absolute Gasteiger partial charge is 0.458 e. The van der Waals surface area contributed by atoms with Crippen molar-refractivity contribution in [2.75, 3.05) is 5.73 Å². The third-order valence-corrected chi connectivity index (χ3v) is 3.53. The summed E-state index contributed by atoms with van der Waals surface area (Å²) in [5.41, 5.74) is 6.81. The molecular formula is C13H16BrN3O. The monoisotopic (exact) mass is 309 g/mol. The van der Waals surface area contributed by atoms with E-state index in [4.69, 9.17) is 10.2 Å². The van der Waals surface area contributed by atoms with E-state index in [-0.39, 0.29) is 0 Å². The normalized spacial score (nSPS) is 10.8. The van der Waals surface area contributed by atoms with Crippen molar-refractivity contribution in [2.45, 2.75) is 33.1 Å². The molecule has 0 aromatic carbocycles. The van der Waals surface area contributed by atoms with Gasteiger partial charge in [-0.3, -0.25) is 0 Å². The molecule has 0 aliphatic rings. The van der Waals surface area contributed by atoms with Crippen LogP contribution in [0.15, 0.2) is 21.0 Å². The lowest BCUT2D eigenvalue weighted by molar-refractivity contribution is 0.525. The van der Waals surface area contributed by atoms with E-state index in [0.29, 0.717) is 17.4 Å². The van der Waals surface area contributed by atoms with Crippen LogP contribution in [0.1, 0.15) is 31.7 Å². The number of nitrogens with zero attached hydrogens (tertiary/aromatic N) is 2. The molecule has 0 atom stereocenters. The molecule has 2 rings (SSSR count). The lowest BCUT2D eigenvalue weighted by Crippen LogP contribution is -2.02. The predicted molar refractivity (Wildman–Crippen MR) is 75.2 cm³/mol. The highest BCUT2D eigenvalue weighted by atomic mass is 79.9. The van der Waals surface area contributed by atoms with E-state index in [9.17, 15) is 0 Å². The quantitative estimate of drug-likeness (QED) is 0.937. The molecule has 18 heavy (non-hydrogen) atoms. The number of aryl methyl sites for hydroxylation is 2. The van der Waals surface area contributed by atoms with E-state index in [1.54, 1.807) is 0 Å². The Morgan fingerprint density at radius 1 is 1.28 bits per heavy atom. The number of furan rings is 1. The molecule has 4 nitrogen and oxygen atoms in total. The highest BCUT2D eigenvalue weighted by molar-refractivity contribution is 9.10. The number of anilines is 1. The van der Waals surface area contributed by atoms with Gasteiger partial charge in [0.2, 0.25) is 0 Å². The molecular weight excluding hydrogens is 294 g/mol. The molecule has 0 amide bonds. The average Bonchev–Trinajstić information content (AvgIpc) is 2.83. The lowest BCUT2D eigenvalue weighted by atomic mass is 10.2. The van der Waals surface area contributed by atoms with Gasteiger partial charge in [-0.05, 0) is 34.5 Å². The first-order chi connectivity index (χ1) is 8.65. The minimum atomic E-state index is 0.456. The fourth-order valence-electron chi connectivity index (χ4n) is 1.71. The van der Waals surface area contributed by atoms with Crippen LogP contribution in [-0.2, 0) is 12.8 Å². The van der Waals surface area contributed by atoms with Gasteiger partial charge in [-0.1, -0.05) is 20.3 Å². The first-order valence-corrected chi connectivity index (χ1v) is 6.86. The molecule has 96 valence electrons. The maximum Gasteiger partial charge on any atom is 0.197 e. The zero-order chi connectivity index (χ0) is 13.1. The highest BCUT2D eigenvalue weighted by Crippen LogP contribution is 2.27. The van der Waals surface area contributed by atoms with Crippen LogP contribution >= 0.6 is 15.9 Å². The standard InChI is InChI=1S/C13H16BrN3O/c1-3-5-9-11(14)12(15)17-13(16-9)10-7-6-8(4-2)18-10/h6-7H,3-5H2,1-2H3,(H2,15,16,17). The van der Waals surface area contributed by atoms with Gasteiger partial charge in [-0.25, -0.2) is 9.97 Å². The van der Waals surface area contributed by atoms with Crippen molar-refractivity contribution >= 4 is 21.7 Å². The summed E-state index contributed by atoms with van der Waals surface area (Å²) in [6.45, 7) is 4.15. The molecule has 0 fully saturated rings. The van der Waals surface area contributed by atoms with Crippen molar-refractivity contribution in [1.29, 1.82) is 0 Å². The molecule has 0 bridgehead atoms. The Kier molecular flexibility index (Phi) is 4.01. The van der Waals surface area contributed by atoms with Crippen LogP contribution in [0.2, 0.25) is 0 Å². The van der Waals surface area contributed by atoms with Gasteiger partial charge in [-0.2, -0.15) is 0 Å². The molecule has 0 radical (unpaired) electrons. The lowest BCUT2D eigenvalue weighted by Gasteiger charge is -2.06. The fourth-order valence-corrected chi connectivity index (χ4v) is 2.09. The number of hydrogen-bond donors (Lipinski definition) is 1. The van der Waals surface area contributed by atoms with Crippen LogP contribution in [0.5, 0.6) is 0 Å². The van der Waals surface area contributed by atoms with Crippen LogP contribution in [0, 0.1) is 0 Å². The maximum atomic E-state index is 5.89. The summed E-state index contributed by atoms with van der Waals surface area (Å²) in [4.78, 5) is 8.77. The molecule has 0 spiro atoms. The molecule has 0 aliphatic heterocycles. The van der Waals surface area contributed by atoms with E-state index in [0.717, 1.165) is 35.2 Å². The highest BCUT2D eigenvalue weighted by Gasteiger charge is 2.13. The van der Waals surface area contributed by atoms with Crippen LogP contribution in [0.4, 0.5) is 5.82 Å². The molecule has 0 saturated carbocycles. The van der Waals surface area contributed by atoms with Gasteiger partial charge in [0, 0.05) is 6.42 Å². The minimum absolute atomic E-state index is 0.456. The number of nitrogens with two attached hydrogens (primary N) is 1. The average molecular weight is 310 g/mol. The molecule has 2 heterocycles.